The Hall–Kier alpha value is -4.14. The van der Waals surface area contributed by atoms with Gasteiger partial charge in [-0.1, -0.05) is 55.8 Å². The number of aromatic nitrogens is 4. The van der Waals surface area contributed by atoms with Crippen molar-refractivity contribution in [1.29, 1.82) is 0 Å². The van der Waals surface area contributed by atoms with Crippen LogP contribution >= 0.6 is 11.8 Å². The van der Waals surface area contributed by atoms with Crippen molar-refractivity contribution in [2.75, 3.05) is 51.1 Å². The van der Waals surface area contributed by atoms with Gasteiger partial charge < -0.3 is 40.1 Å². The van der Waals surface area contributed by atoms with Crippen molar-refractivity contribution in [2.24, 2.45) is 0 Å². The minimum atomic E-state index is -1.19. The number of rotatable bonds is 20. The third kappa shape index (κ3) is 10.9. The van der Waals surface area contributed by atoms with Gasteiger partial charge in [0.15, 0.2) is 0 Å². The summed E-state index contributed by atoms with van der Waals surface area (Å²) in [6, 6.07) is 5.65. The van der Waals surface area contributed by atoms with E-state index >= 15 is 0 Å². The van der Waals surface area contributed by atoms with E-state index in [9.17, 15) is 24.6 Å². The standard InChI is InChI=1S/C43H55N5O8S.Zn/c1-7-28-24(3)32-21-34-26(5)30(10-11-39(51)52)41(47-34)31(20-38(50)44-12-19-57-18-9-14-55-16-17-56-15-13-49)42-40(43(53)54)27(6)35(48-42)23-37-29(8-2)25(4)33(46-37)22-36(28)45-32;/h7,21-23,26,30,49H,1,8-20H2,2-6H3,(H5,44,45,46,47,48,50,51,52,53,54);/q;+2/p-2. The number of carbonyl (C=O) groups excluding carboxylic acids is 1. The number of nitrogens with one attached hydrogen (secondary N) is 1. The van der Waals surface area contributed by atoms with Crippen LogP contribution in [0.4, 0.5) is 0 Å². The second kappa shape index (κ2) is 21.7. The Balaban J connectivity index is 0.00000744. The van der Waals surface area contributed by atoms with Crippen LogP contribution in [0.15, 0.2) is 24.8 Å². The quantitative estimate of drug-likeness (QED) is 0.0718. The molecule has 0 radical (unpaired) electrons. The Kier molecular flexibility index (Phi) is 17.5. The number of aromatic carboxylic acids is 1. The Morgan fingerprint density at radius 2 is 1.66 bits per heavy atom. The van der Waals surface area contributed by atoms with Gasteiger partial charge in [-0.05, 0) is 68.1 Å². The molecule has 306 valence electrons. The van der Waals surface area contributed by atoms with Crippen molar-refractivity contribution < 1.29 is 58.7 Å². The number of hydrogen-bond donors (Lipinski definition) is 4. The summed E-state index contributed by atoms with van der Waals surface area (Å²) in [6.07, 6.45) is 3.16. The van der Waals surface area contributed by atoms with Crippen molar-refractivity contribution in [3.05, 3.63) is 75.4 Å². The number of aryl methyl sites for hydroxylation is 2. The molecule has 5 heterocycles. The minimum absolute atomic E-state index is 0. The first kappa shape index (κ1) is 46.6. The average molecular weight is 865 g/mol. The molecular weight excluding hydrogens is 812 g/mol. The van der Waals surface area contributed by atoms with Gasteiger partial charge in [0.2, 0.25) is 5.91 Å². The molecule has 1 amide bonds. The zero-order chi connectivity index (χ0) is 41.2. The Morgan fingerprint density at radius 1 is 0.948 bits per heavy atom. The number of carboxylic acids is 2. The molecule has 4 N–H and O–H groups in total. The first-order chi connectivity index (χ1) is 27.4. The maximum atomic E-state index is 13.8. The predicted octanol–water partition coefficient (Wildman–Crippen LogP) is 6.43. The molecule has 2 aliphatic rings. The van der Waals surface area contributed by atoms with Crippen LogP contribution in [-0.2, 0) is 45.0 Å². The summed E-state index contributed by atoms with van der Waals surface area (Å²) in [6.45, 7) is 15.9. The maximum absolute atomic E-state index is 13.8. The van der Waals surface area contributed by atoms with Crippen molar-refractivity contribution in [2.45, 2.75) is 78.6 Å². The zero-order valence-corrected chi connectivity index (χ0v) is 37.9. The van der Waals surface area contributed by atoms with Crippen LogP contribution < -0.4 is 15.3 Å². The number of ether oxygens (including phenoxy) is 2. The number of hydrogen-bond acceptors (Lipinski definition) is 9. The Bertz CT molecular complexity index is 2200. The molecular formula is C43H53N5O8SZn. The van der Waals surface area contributed by atoms with E-state index in [-0.39, 0.29) is 68.3 Å². The number of carboxylic acid groups (broad SMARTS) is 2. The van der Waals surface area contributed by atoms with Crippen molar-refractivity contribution >= 4 is 68.9 Å². The molecule has 0 saturated carbocycles. The number of aliphatic carboxylic acids is 1. The van der Waals surface area contributed by atoms with E-state index in [0.717, 1.165) is 40.1 Å². The molecule has 0 aromatic carbocycles. The number of amides is 1. The molecule has 13 nitrogen and oxygen atoms in total. The first-order valence-corrected chi connectivity index (χ1v) is 20.6. The summed E-state index contributed by atoms with van der Waals surface area (Å²) < 4.78 is 10.7. The molecule has 8 bridgehead atoms. The van der Waals surface area contributed by atoms with Crippen LogP contribution in [0.1, 0.15) is 114 Å². The molecule has 3 aromatic heterocycles. The van der Waals surface area contributed by atoms with E-state index in [2.05, 4.69) is 11.9 Å². The average Bonchev–Trinajstić information content (AvgIpc) is 3.86. The van der Waals surface area contributed by atoms with E-state index in [1.807, 2.05) is 39.8 Å². The summed E-state index contributed by atoms with van der Waals surface area (Å²) in [7, 11) is 0. The van der Waals surface area contributed by atoms with Crippen molar-refractivity contribution in [1.82, 2.24) is 25.3 Å². The molecule has 2 aliphatic heterocycles. The largest absolute Gasteiger partial charge is 2.00 e. The number of thioether (sulfide) groups is 1. The molecule has 15 heteroatoms. The fraction of sp³-hybridized carbons (Fsp3) is 0.465. The van der Waals surface area contributed by atoms with E-state index < -0.39 is 17.9 Å². The monoisotopic (exact) mass is 863 g/mol. The predicted molar refractivity (Wildman–Crippen MR) is 224 cm³/mol. The molecule has 0 aliphatic carbocycles. The van der Waals surface area contributed by atoms with Crippen LogP contribution in [0, 0.1) is 13.8 Å². The van der Waals surface area contributed by atoms with Crippen molar-refractivity contribution in [3.8, 4) is 0 Å². The van der Waals surface area contributed by atoms with Crippen LogP contribution in [0.2, 0.25) is 0 Å². The van der Waals surface area contributed by atoms with E-state index in [4.69, 9.17) is 34.5 Å². The smallest absolute Gasteiger partial charge is 0.657 e. The van der Waals surface area contributed by atoms with Gasteiger partial charge >= 0.3 is 31.4 Å². The van der Waals surface area contributed by atoms with Gasteiger partial charge in [-0.15, -0.1) is 22.1 Å². The van der Waals surface area contributed by atoms with E-state index in [0.29, 0.717) is 89.9 Å². The number of aliphatic hydroxyl groups is 1. The van der Waals surface area contributed by atoms with E-state index in [1.54, 1.807) is 30.8 Å². The third-order valence-corrected chi connectivity index (χ3v) is 11.6. The van der Waals surface area contributed by atoms with Crippen molar-refractivity contribution in [3.63, 3.8) is 0 Å². The number of fused-ring (bicyclic) bond motifs is 8. The second-order valence-electron chi connectivity index (χ2n) is 14.2. The minimum Gasteiger partial charge on any atom is -0.657 e. The molecule has 2 atom stereocenters. The first-order valence-electron chi connectivity index (χ1n) is 19.4. The SMILES string of the molecule is C=Cc1c(C)c2cc3nc(c(CC(=O)NCCSCCCOCCOCCO)c4[n-]c(cc5nc(cc1[n-]2)C(C)=C5CC)c(C)c4C(=O)O)C(CCC(=O)O)C3C.[Zn+2]. The second-order valence-corrected chi connectivity index (χ2v) is 15.4. The summed E-state index contributed by atoms with van der Waals surface area (Å²) in [5.41, 5.74) is 9.00. The van der Waals surface area contributed by atoms with Gasteiger partial charge in [-0.2, -0.15) is 11.8 Å². The number of carbonyl (C=O) groups is 3. The molecule has 0 saturated heterocycles. The normalized spacial score (nSPS) is 15.0. The van der Waals surface area contributed by atoms with Gasteiger partial charge in [-0.3, -0.25) is 14.6 Å². The fourth-order valence-electron chi connectivity index (χ4n) is 7.45. The number of nitrogens with zero attached hydrogens (tertiary/aromatic N) is 4. The van der Waals surface area contributed by atoms with Crippen LogP contribution in [0.5, 0.6) is 0 Å². The molecule has 58 heavy (non-hydrogen) atoms. The Morgan fingerprint density at radius 3 is 2.33 bits per heavy atom. The number of allylic oxidation sites excluding steroid dienone is 2. The zero-order valence-electron chi connectivity index (χ0n) is 34.2. The molecule has 0 fully saturated rings. The topological polar surface area (TPSA) is 196 Å². The summed E-state index contributed by atoms with van der Waals surface area (Å²) in [4.78, 5) is 58.9. The molecule has 0 spiro atoms. The van der Waals surface area contributed by atoms with Crippen LogP contribution in [0.25, 0.3) is 39.3 Å². The third-order valence-electron chi connectivity index (χ3n) is 10.5. The number of aliphatic hydroxyl groups excluding tert-OH is 1. The fourth-order valence-corrected chi connectivity index (χ4v) is 8.22. The molecule has 2 unspecified atom stereocenters. The summed E-state index contributed by atoms with van der Waals surface area (Å²) in [5, 5.41) is 32.2. The van der Waals surface area contributed by atoms with Crippen LogP contribution in [-0.4, -0.2) is 94.2 Å². The van der Waals surface area contributed by atoms with Gasteiger partial charge in [0.1, 0.15) is 0 Å². The van der Waals surface area contributed by atoms with Crippen LogP contribution in [0.3, 0.4) is 0 Å². The van der Waals surface area contributed by atoms with E-state index in [1.165, 1.54) is 0 Å². The molecule has 3 aromatic rings. The van der Waals surface area contributed by atoms with Gasteiger partial charge in [-0.25, -0.2) is 9.78 Å². The molecule has 5 rings (SSSR count). The maximum Gasteiger partial charge on any atom is 2.00 e. The van der Waals surface area contributed by atoms with Gasteiger partial charge in [0, 0.05) is 54.1 Å². The summed E-state index contributed by atoms with van der Waals surface area (Å²) in [5.74, 6) is -1.70. The van der Waals surface area contributed by atoms with Gasteiger partial charge in [0.25, 0.3) is 0 Å². The summed E-state index contributed by atoms with van der Waals surface area (Å²) >= 11 is 1.68. The van der Waals surface area contributed by atoms with Gasteiger partial charge in [0.05, 0.1) is 44.2 Å². The Labute approximate surface area is 356 Å².